The second-order valence-electron chi connectivity index (χ2n) is 11.1. The minimum Gasteiger partial charge on any atom is -0.490 e. The van der Waals surface area contributed by atoms with Gasteiger partial charge in [0.2, 0.25) is 0 Å². The average molecular weight is 551 g/mol. The highest BCUT2D eigenvalue weighted by Crippen LogP contribution is 2.44. The molecule has 6 heteroatoms. The predicted octanol–water partition coefficient (Wildman–Crippen LogP) is 7.86. The summed E-state index contributed by atoms with van der Waals surface area (Å²) in [6.07, 6.45) is 7.98. The Morgan fingerprint density at radius 2 is 1.75 bits per heavy atom. The fourth-order valence-electron chi connectivity index (χ4n) is 6.59. The van der Waals surface area contributed by atoms with Crippen LogP contribution in [0.3, 0.4) is 0 Å². The number of para-hydroxylation sites is 1. The lowest BCUT2D eigenvalue weighted by Gasteiger charge is -2.28. The fraction of sp³-hybridized carbons (Fsp3) is 0.353. The van der Waals surface area contributed by atoms with Gasteiger partial charge in [-0.1, -0.05) is 31.2 Å². The van der Waals surface area contributed by atoms with Gasteiger partial charge in [-0.05, 0) is 124 Å². The van der Waals surface area contributed by atoms with Crippen molar-refractivity contribution in [1.29, 1.82) is 0 Å². The highest BCUT2D eigenvalue weighted by Gasteiger charge is 2.42. The van der Waals surface area contributed by atoms with Crippen molar-refractivity contribution in [2.75, 3.05) is 4.90 Å². The molecule has 2 aromatic heterocycles. The number of aromatic nitrogens is 2. The fourth-order valence-corrected chi connectivity index (χ4v) is 6.94. The quantitative estimate of drug-likeness (QED) is 0.237. The first kappa shape index (κ1) is 26.6. The number of rotatable bonds is 7. The molecule has 40 heavy (non-hydrogen) atoms. The van der Waals surface area contributed by atoms with Crippen molar-refractivity contribution < 1.29 is 4.74 Å². The van der Waals surface area contributed by atoms with E-state index in [1.165, 1.54) is 46.6 Å². The molecule has 0 bridgehead atoms. The maximum Gasteiger partial charge on any atom is 0.174 e. The zero-order chi connectivity index (χ0) is 27.8. The molecule has 2 aliphatic rings. The van der Waals surface area contributed by atoms with E-state index >= 15 is 0 Å². The van der Waals surface area contributed by atoms with Gasteiger partial charge >= 0.3 is 0 Å². The summed E-state index contributed by atoms with van der Waals surface area (Å²) in [5.41, 5.74) is 9.64. The van der Waals surface area contributed by atoms with Gasteiger partial charge in [0.1, 0.15) is 5.75 Å². The van der Waals surface area contributed by atoms with E-state index in [1.54, 1.807) is 0 Å². The number of aryl methyl sites for hydroxylation is 3. The van der Waals surface area contributed by atoms with Gasteiger partial charge in [-0.3, -0.25) is 4.98 Å². The van der Waals surface area contributed by atoms with Crippen LogP contribution in [0.5, 0.6) is 5.75 Å². The zero-order valence-electron chi connectivity index (χ0n) is 23.9. The Bertz CT molecular complexity index is 1510. The lowest BCUT2D eigenvalue weighted by molar-refractivity contribution is 0.210. The van der Waals surface area contributed by atoms with E-state index in [0.29, 0.717) is 11.2 Å². The minimum atomic E-state index is -0.0837. The normalized spacial score (nSPS) is 19.3. The predicted molar refractivity (Wildman–Crippen MR) is 167 cm³/mol. The summed E-state index contributed by atoms with van der Waals surface area (Å²) in [4.78, 5) is 7.02. The molecule has 4 aromatic rings. The first-order valence-corrected chi connectivity index (χ1v) is 14.9. The SMILES string of the molecule is CCc1cccc(C)c1-n1c(C)cc([C@@H]2[C@H](c3ccccn3)NC(=S)N2c2ccc(OC3CCCC3)cc2)c1C. The van der Waals surface area contributed by atoms with Gasteiger partial charge in [0.25, 0.3) is 0 Å². The van der Waals surface area contributed by atoms with Crippen molar-refractivity contribution in [3.63, 3.8) is 0 Å². The molecule has 0 unspecified atom stereocenters. The van der Waals surface area contributed by atoms with Crippen LogP contribution in [-0.2, 0) is 6.42 Å². The van der Waals surface area contributed by atoms with E-state index in [1.807, 2.05) is 18.3 Å². The van der Waals surface area contributed by atoms with Crippen molar-refractivity contribution >= 4 is 23.0 Å². The molecule has 1 aliphatic carbocycles. The van der Waals surface area contributed by atoms with Gasteiger partial charge < -0.3 is 19.5 Å². The summed E-state index contributed by atoms with van der Waals surface area (Å²) >= 11 is 6.01. The first-order valence-electron chi connectivity index (χ1n) is 14.5. The van der Waals surface area contributed by atoms with Gasteiger partial charge in [0.15, 0.2) is 5.11 Å². The number of pyridine rings is 1. The Labute approximate surface area is 243 Å². The van der Waals surface area contributed by atoms with E-state index in [-0.39, 0.29) is 12.1 Å². The van der Waals surface area contributed by atoms with Crippen LogP contribution in [0, 0.1) is 20.8 Å². The number of ether oxygens (including phenoxy) is 1. The lowest BCUT2D eigenvalue weighted by atomic mass is 9.96. The van der Waals surface area contributed by atoms with E-state index in [2.05, 4.69) is 97.1 Å². The summed E-state index contributed by atoms with van der Waals surface area (Å²) in [5.74, 6) is 0.927. The van der Waals surface area contributed by atoms with Crippen LogP contribution >= 0.6 is 12.2 Å². The molecule has 2 atom stereocenters. The highest BCUT2D eigenvalue weighted by atomic mass is 32.1. The zero-order valence-corrected chi connectivity index (χ0v) is 24.7. The van der Waals surface area contributed by atoms with Crippen molar-refractivity contribution in [3.8, 4) is 11.4 Å². The first-order chi connectivity index (χ1) is 19.5. The summed E-state index contributed by atoms with van der Waals surface area (Å²) in [5, 5.41) is 4.33. The Hall–Kier alpha value is -3.64. The summed E-state index contributed by atoms with van der Waals surface area (Å²) in [6.45, 7) is 8.88. The number of thiocarbonyl (C=S) groups is 1. The molecular weight excluding hydrogens is 512 g/mol. The monoisotopic (exact) mass is 550 g/mol. The van der Waals surface area contributed by atoms with Crippen LogP contribution in [0.1, 0.15) is 78.5 Å². The molecule has 0 amide bonds. The van der Waals surface area contributed by atoms with Gasteiger partial charge in [0.05, 0.1) is 29.6 Å². The molecule has 2 fully saturated rings. The highest BCUT2D eigenvalue weighted by molar-refractivity contribution is 7.80. The van der Waals surface area contributed by atoms with Crippen LogP contribution in [-0.4, -0.2) is 20.8 Å². The third-order valence-corrected chi connectivity index (χ3v) is 8.85. The Morgan fingerprint density at radius 3 is 2.45 bits per heavy atom. The van der Waals surface area contributed by atoms with Crippen LogP contribution in [0.25, 0.3) is 5.69 Å². The molecule has 2 aromatic carbocycles. The summed E-state index contributed by atoms with van der Waals surface area (Å²) < 4.78 is 8.69. The van der Waals surface area contributed by atoms with Gasteiger partial charge in [-0.2, -0.15) is 0 Å². The van der Waals surface area contributed by atoms with Crippen molar-refractivity contribution in [2.24, 2.45) is 0 Å². The van der Waals surface area contributed by atoms with Crippen molar-refractivity contribution in [1.82, 2.24) is 14.9 Å². The molecule has 3 heterocycles. The molecule has 0 radical (unpaired) electrons. The minimum absolute atomic E-state index is 0.0574. The Balaban J connectivity index is 1.44. The Kier molecular flexibility index (Phi) is 7.37. The van der Waals surface area contributed by atoms with Gasteiger partial charge in [-0.15, -0.1) is 0 Å². The standard InChI is InChI=1S/C34H38N4OS/c1-5-25-12-10-11-22(2)32(25)37-23(3)21-29(24(37)4)33-31(30-15-8-9-20-35-30)36-34(40)38(33)26-16-18-28(19-17-26)39-27-13-6-7-14-27/h8-12,15-21,27,31,33H,5-7,13-14H2,1-4H3,(H,36,40)/t31-,33+/m0/s1. The van der Waals surface area contributed by atoms with Gasteiger partial charge in [-0.25, -0.2) is 0 Å². The van der Waals surface area contributed by atoms with E-state index < -0.39 is 0 Å². The maximum absolute atomic E-state index is 6.26. The summed E-state index contributed by atoms with van der Waals surface area (Å²) in [7, 11) is 0. The topological polar surface area (TPSA) is 42.3 Å². The molecule has 6 rings (SSSR count). The molecule has 0 spiro atoms. The number of benzene rings is 2. The maximum atomic E-state index is 6.26. The summed E-state index contributed by atoms with van der Waals surface area (Å²) in [6, 6.07) is 23.4. The molecule has 1 saturated heterocycles. The van der Waals surface area contributed by atoms with E-state index in [9.17, 15) is 0 Å². The van der Waals surface area contributed by atoms with Crippen LogP contribution in [0.2, 0.25) is 0 Å². The molecule has 1 saturated carbocycles. The van der Waals surface area contributed by atoms with E-state index in [0.717, 1.165) is 36.4 Å². The van der Waals surface area contributed by atoms with Crippen LogP contribution in [0.15, 0.2) is 72.9 Å². The largest absolute Gasteiger partial charge is 0.490 e. The van der Waals surface area contributed by atoms with Crippen molar-refractivity contribution in [3.05, 3.63) is 107 Å². The van der Waals surface area contributed by atoms with Crippen molar-refractivity contribution in [2.45, 2.75) is 78.0 Å². The molecule has 1 N–H and O–H groups in total. The number of hydrogen-bond donors (Lipinski definition) is 1. The third-order valence-electron chi connectivity index (χ3n) is 8.53. The smallest absolute Gasteiger partial charge is 0.174 e. The lowest BCUT2D eigenvalue weighted by Crippen LogP contribution is -2.29. The second kappa shape index (κ2) is 11.1. The Morgan fingerprint density at radius 1 is 0.975 bits per heavy atom. The second-order valence-corrected chi connectivity index (χ2v) is 11.5. The average Bonchev–Trinajstić information content (AvgIpc) is 3.67. The molecule has 206 valence electrons. The molecule has 1 aliphatic heterocycles. The van der Waals surface area contributed by atoms with Crippen LogP contribution in [0.4, 0.5) is 5.69 Å². The van der Waals surface area contributed by atoms with Gasteiger partial charge in [0, 0.05) is 23.3 Å². The molecule has 5 nitrogen and oxygen atoms in total. The van der Waals surface area contributed by atoms with E-state index in [4.69, 9.17) is 21.9 Å². The number of anilines is 1. The number of nitrogens with zero attached hydrogens (tertiary/aromatic N) is 3. The third kappa shape index (κ3) is 4.79. The molecular formula is C34H38N4OS. The number of hydrogen-bond acceptors (Lipinski definition) is 3. The van der Waals surface area contributed by atoms with Crippen LogP contribution < -0.4 is 15.0 Å². The number of nitrogens with one attached hydrogen (secondary N) is 1.